The van der Waals surface area contributed by atoms with E-state index in [1.54, 1.807) is 0 Å². The van der Waals surface area contributed by atoms with Crippen molar-refractivity contribution in [2.75, 3.05) is 29.7 Å². The van der Waals surface area contributed by atoms with E-state index in [9.17, 15) is 0 Å². The van der Waals surface area contributed by atoms with E-state index in [1.165, 1.54) is 27.9 Å². The lowest BCUT2D eigenvalue weighted by Crippen LogP contribution is -2.29. The van der Waals surface area contributed by atoms with Crippen molar-refractivity contribution in [3.63, 3.8) is 0 Å². The molecule has 1 aliphatic heterocycles. The van der Waals surface area contributed by atoms with Crippen LogP contribution >= 0.6 is 23.2 Å². The highest BCUT2D eigenvalue weighted by molar-refractivity contribution is 6.18. The molecule has 1 aromatic carbocycles. The number of hydrogen-bond acceptors (Lipinski definition) is 2. The Bertz CT molecular complexity index is 534. The predicted octanol–water partition coefficient (Wildman–Crippen LogP) is 4.61. The molecule has 0 spiro atoms. The molecular weight excluding hydrogens is 305 g/mol. The van der Waals surface area contributed by atoms with E-state index < -0.39 is 0 Å². The average molecular weight is 330 g/mol. The van der Waals surface area contributed by atoms with Gasteiger partial charge in [0.15, 0.2) is 0 Å². The van der Waals surface area contributed by atoms with Crippen LogP contribution in [-0.2, 0) is 6.42 Å². The second kappa shape index (κ2) is 6.26. The molecule has 118 valence electrons. The third kappa shape index (κ3) is 3.12. The Balaban J connectivity index is 2.56. The highest BCUT2D eigenvalue weighted by Crippen LogP contribution is 2.45. The fourth-order valence-corrected chi connectivity index (χ4v) is 3.68. The maximum atomic E-state index is 6.17. The number of rotatable bonds is 5. The first-order valence-electron chi connectivity index (χ1n) is 7.51. The second-order valence-electron chi connectivity index (χ2n) is 6.43. The van der Waals surface area contributed by atoms with Gasteiger partial charge < -0.3 is 9.64 Å². The molecule has 2 nitrogen and oxygen atoms in total. The molecule has 0 aliphatic carbocycles. The van der Waals surface area contributed by atoms with Crippen molar-refractivity contribution >= 4 is 28.9 Å². The van der Waals surface area contributed by atoms with Crippen LogP contribution in [0.5, 0.6) is 5.75 Å². The van der Waals surface area contributed by atoms with Crippen LogP contribution in [0.4, 0.5) is 5.69 Å². The van der Waals surface area contributed by atoms with Gasteiger partial charge in [-0.2, -0.15) is 0 Å². The smallest absolute Gasteiger partial charge is 0.127 e. The number of ether oxygens (including phenoxy) is 1. The van der Waals surface area contributed by atoms with Crippen LogP contribution in [0.25, 0.3) is 0 Å². The number of anilines is 1. The van der Waals surface area contributed by atoms with Crippen molar-refractivity contribution in [3.8, 4) is 5.75 Å². The number of alkyl halides is 2. The standard InChI is InChI=1S/C17H25Cl2NO/c1-11-12(2)16-14(10-17(4,5)21-16)13(3)15(11)20(8-6-18)9-7-19/h6-10H2,1-5H3. The summed E-state index contributed by atoms with van der Waals surface area (Å²) in [5, 5.41) is 0. The molecule has 0 radical (unpaired) electrons. The van der Waals surface area contributed by atoms with Crippen LogP contribution in [0.15, 0.2) is 0 Å². The van der Waals surface area contributed by atoms with E-state index in [0.29, 0.717) is 11.8 Å². The number of halogens is 2. The minimum Gasteiger partial charge on any atom is -0.487 e. The van der Waals surface area contributed by atoms with Crippen molar-refractivity contribution in [1.29, 1.82) is 0 Å². The summed E-state index contributed by atoms with van der Waals surface area (Å²) in [7, 11) is 0. The molecule has 1 aromatic rings. The summed E-state index contributed by atoms with van der Waals surface area (Å²) in [6.07, 6.45) is 0.956. The van der Waals surface area contributed by atoms with E-state index >= 15 is 0 Å². The fourth-order valence-electron chi connectivity index (χ4n) is 3.27. The SMILES string of the molecule is Cc1c(C)c(N(CCCl)CCCl)c(C)c2c1OC(C)(C)C2. The molecule has 4 heteroatoms. The molecule has 1 aliphatic rings. The van der Waals surface area contributed by atoms with Crippen molar-refractivity contribution < 1.29 is 4.74 Å². The molecule has 0 saturated heterocycles. The van der Waals surface area contributed by atoms with Crippen LogP contribution in [0.2, 0.25) is 0 Å². The minimum atomic E-state index is -0.118. The van der Waals surface area contributed by atoms with E-state index in [0.717, 1.165) is 25.3 Å². The lowest BCUT2D eigenvalue weighted by Gasteiger charge is -2.29. The van der Waals surface area contributed by atoms with Crippen LogP contribution in [0, 0.1) is 20.8 Å². The fraction of sp³-hybridized carbons (Fsp3) is 0.647. The molecule has 0 amide bonds. The summed E-state index contributed by atoms with van der Waals surface area (Å²) in [6, 6.07) is 0. The third-order valence-electron chi connectivity index (χ3n) is 4.35. The number of fused-ring (bicyclic) bond motifs is 1. The number of benzene rings is 1. The third-order valence-corrected chi connectivity index (χ3v) is 4.68. The van der Waals surface area contributed by atoms with Crippen molar-refractivity contribution in [1.82, 2.24) is 0 Å². The minimum absolute atomic E-state index is 0.118. The van der Waals surface area contributed by atoms with Gasteiger partial charge in [0, 0.05) is 42.5 Å². The molecular formula is C17H25Cl2NO. The van der Waals surface area contributed by atoms with Crippen LogP contribution in [0.1, 0.15) is 36.1 Å². The van der Waals surface area contributed by atoms with Gasteiger partial charge in [-0.05, 0) is 51.3 Å². The Kier molecular flexibility index (Phi) is 4.99. The Morgan fingerprint density at radius 3 is 2.10 bits per heavy atom. The quantitative estimate of drug-likeness (QED) is 0.731. The highest BCUT2D eigenvalue weighted by Gasteiger charge is 2.34. The number of hydrogen-bond donors (Lipinski definition) is 0. The van der Waals surface area contributed by atoms with Gasteiger partial charge in [-0.15, -0.1) is 23.2 Å². The van der Waals surface area contributed by atoms with Gasteiger partial charge in [0.05, 0.1) is 0 Å². The topological polar surface area (TPSA) is 12.5 Å². The Hall–Kier alpha value is -0.600. The maximum Gasteiger partial charge on any atom is 0.127 e. The van der Waals surface area contributed by atoms with Gasteiger partial charge in [0.25, 0.3) is 0 Å². The molecule has 0 N–H and O–H groups in total. The zero-order chi connectivity index (χ0) is 15.8. The highest BCUT2D eigenvalue weighted by atomic mass is 35.5. The molecule has 0 saturated carbocycles. The van der Waals surface area contributed by atoms with Gasteiger partial charge in [0.1, 0.15) is 11.4 Å². The summed E-state index contributed by atoms with van der Waals surface area (Å²) in [6.45, 7) is 12.4. The van der Waals surface area contributed by atoms with Gasteiger partial charge in [-0.25, -0.2) is 0 Å². The lowest BCUT2D eigenvalue weighted by atomic mass is 9.92. The summed E-state index contributed by atoms with van der Waals surface area (Å²) in [4.78, 5) is 2.31. The van der Waals surface area contributed by atoms with E-state index in [1.807, 2.05) is 0 Å². The summed E-state index contributed by atoms with van der Waals surface area (Å²) in [5.74, 6) is 2.29. The molecule has 1 heterocycles. The first-order chi connectivity index (χ1) is 9.82. The zero-order valence-corrected chi connectivity index (χ0v) is 15.2. The Morgan fingerprint density at radius 1 is 1.00 bits per heavy atom. The van der Waals surface area contributed by atoms with Crippen LogP contribution in [-0.4, -0.2) is 30.5 Å². The van der Waals surface area contributed by atoms with Gasteiger partial charge in [-0.1, -0.05) is 0 Å². The number of nitrogens with zero attached hydrogens (tertiary/aromatic N) is 1. The zero-order valence-electron chi connectivity index (χ0n) is 13.6. The monoisotopic (exact) mass is 329 g/mol. The summed E-state index contributed by atoms with van der Waals surface area (Å²) >= 11 is 12.0. The Labute approximate surface area is 138 Å². The van der Waals surface area contributed by atoms with E-state index in [4.69, 9.17) is 27.9 Å². The van der Waals surface area contributed by atoms with Crippen LogP contribution < -0.4 is 9.64 Å². The van der Waals surface area contributed by atoms with E-state index in [-0.39, 0.29) is 5.60 Å². The van der Waals surface area contributed by atoms with Gasteiger partial charge in [-0.3, -0.25) is 0 Å². The maximum absolute atomic E-state index is 6.17. The molecule has 0 aromatic heterocycles. The predicted molar refractivity (Wildman–Crippen MR) is 92.7 cm³/mol. The van der Waals surface area contributed by atoms with Gasteiger partial charge in [0.2, 0.25) is 0 Å². The Morgan fingerprint density at radius 2 is 1.57 bits per heavy atom. The molecule has 21 heavy (non-hydrogen) atoms. The molecule has 0 unspecified atom stereocenters. The molecule has 2 rings (SSSR count). The molecule has 0 bridgehead atoms. The van der Waals surface area contributed by atoms with Crippen LogP contribution in [0.3, 0.4) is 0 Å². The van der Waals surface area contributed by atoms with Crippen molar-refractivity contribution in [2.45, 2.75) is 46.6 Å². The summed E-state index contributed by atoms with van der Waals surface area (Å²) < 4.78 is 6.17. The second-order valence-corrected chi connectivity index (χ2v) is 7.19. The first kappa shape index (κ1) is 16.8. The van der Waals surface area contributed by atoms with E-state index in [2.05, 4.69) is 39.5 Å². The van der Waals surface area contributed by atoms with Gasteiger partial charge >= 0.3 is 0 Å². The normalized spacial score (nSPS) is 15.8. The van der Waals surface area contributed by atoms with Crippen molar-refractivity contribution in [2.24, 2.45) is 0 Å². The largest absolute Gasteiger partial charge is 0.487 e. The summed E-state index contributed by atoms with van der Waals surface area (Å²) in [5.41, 5.74) is 6.34. The lowest BCUT2D eigenvalue weighted by molar-refractivity contribution is 0.137. The molecule has 0 fully saturated rings. The van der Waals surface area contributed by atoms with Crippen molar-refractivity contribution in [3.05, 3.63) is 22.3 Å². The average Bonchev–Trinajstić information content (AvgIpc) is 2.73. The first-order valence-corrected chi connectivity index (χ1v) is 8.57. The molecule has 0 atom stereocenters.